The van der Waals surface area contributed by atoms with Gasteiger partial charge < -0.3 is 9.84 Å². The zero-order valence-electron chi connectivity index (χ0n) is 6.86. The smallest absolute Gasteiger partial charge is 0.308 e. The lowest BCUT2D eigenvalue weighted by molar-refractivity contribution is -0.142. The van der Waals surface area contributed by atoms with Gasteiger partial charge in [-0.05, 0) is 15.9 Å². The Hall–Kier alpha value is -0.460. The molecule has 0 spiro atoms. The first-order valence-corrected chi connectivity index (χ1v) is 5.16. The summed E-state index contributed by atoms with van der Waals surface area (Å²) in [5.41, 5.74) is 0.488. The predicted octanol–water partition coefficient (Wildman–Crippen LogP) is 1.50. The van der Waals surface area contributed by atoms with E-state index in [1.54, 1.807) is 5.38 Å². The molecule has 0 aliphatic carbocycles. The zero-order chi connectivity index (χ0) is 9.84. The molecular weight excluding hydrogens is 258 g/mol. The van der Waals surface area contributed by atoms with Gasteiger partial charge >= 0.3 is 5.97 Å². The molecule has 0 amide bonds. The number of aliphatic hydroxyl groups is 1. The average Bonchev–Trinajstić information content (AvgIpc) is 2.51. The number of aromatic nitrogens is 1. The average molecular weight is 266 g/mol. The molecule has 13 heavy (non-hydrogen) atoms. The van der Waals surface area contributed by atoms with Gasteiger partial charge in [-0.2, -0.15) is 0 Å². The van der Waals surface area contributed by atoms with Crippen LogP contribution in [-0.2, 0) is 9.53 Å². The number of methoxy groups -OCH3 is 1. The number of esters is 1. The Morgan fingerprint density at radius 2 is 2.62 bits per heavy atom. The largest absolute Gasteiger partial charge is 0.469 e. The molecule has 0 bridgehead atoms. The summed E-state index contributed by atoms with van der Waals surface area (Å²) in [7, 11) is 1.28. The molecule has 1 heterocycles. The van der Waals surface area contributed by atoms with Crippen molar-refractivity contribution in [2.24, 2.45) is 0 Å². The molecule has 0 fully saturated rings. The first-order chi connectivity index (χ1) is 6.13. The maximum atomic E-state index is 10.8. The third-order valence-electron chi connectivity index (χ3n) is 1.42. The van der Waals surface area contributed by atoms with E-state index in [1.165, 1.54) is 18.4 Å². The summed E-state index contributed by atoms with van der Waals surface area (Å²) in [4.78, 5) is 14.8. The highest BCUT2D eigenvalue weighted by Crippen LogP contribution is 2.22. The van der Waals surface area contributed by atoms with Crippen LogP contribution in [0.4, 0.5) is 0 Å². The van der Waals surface area contributed by atoms with E-state index in [2.05, 4.69) is 25.7 Å². The van der Waals surface area contributed by atoms with Gasteiger partial charge in [-0.25, -0.2) is 4.98 Å². The Morgan fingerprint density at radius 3 is 3.08 bits per heavy atom. The topological polar surface area (TPSA) is 59.4 Å². The van der Waals surface area contributed by atoms with Crippen LogP contribution in [0, 0.1) is 0 Å². The number of rotatable bonds is 3. The Kier molecular flexibility index (Phi) is 3.83. The number of hydrogen-bond donors (Lipinski definition) is 1. The molecule has 1 unspecified atom stereocenters. The van der Waals surface area contributed by atoms with E-state index in [1.807, 2.05) is 0 Å². The molecule has 1 rings (SSSR count). The summed E-state index contributed by atoms with van der Waals surface area (Å²) in [6.45, 7) is 0. The third-order valence-corrected chi connectivity index (χ3v) is 2.81. The van der Waals surface area contributed by atoms with Gasteiger partial charge in [0.25, 0.3) is 0 Å². The van der Waals surface area contributed by atoms with Gasteiger partial charge in [-0.3, -0.25) is 4.79 Å². The number of hydrogen-bond acceptors (Lipinski definition) is 5. The number of thiazole rings is 1. The van der Waals surface area contributed by atoms with Crippen molar-refractivity contribution in [2.75, 3.05) is 7.11 Å². The molecule has 6 heteroatoms. The first-order valence-electron chi connectivity index (χ1n) is 3.49. The van der Waals surface area contributed by atoms with Crippen LogP contribution >= 0.6 is 27.3 Å². The lowest BCUT2D eigenvalue weighted by atomic mass is 10.2. The standard InChI is InChI=1S/C7H8BrNO3S/c1-12-6(11)2-5(10)4-3-13-7(8)9-4/h3,5,10H,2H2,1H3. The maximum Gasteiger partial charge on any atom is 0.308 e. The van der Waals surface area contributed by atoms with E-state index in [0.29, 0.717) is 9.61 Å². The summed E-state index contributed by atoms with van der Waals surface area (Å²) in [6, 6.07) is 0. The number of ether oxygens (including phenoxy) is 1. The van der Waals surface area contributed by atoms with Gasteiger partial charge in [0.1, 0.15) is 6.10 Å². The minimum atomic E-state index is -0.880. The second-order valence-electron chi connectivity index (χ2n) is 2.32. The number of nitrogens with zero attached hydrogens (tertiary/aromatic N) is 1. The minimum Gasteiger partial charge on any atom is -0.469 e. The van der Waals surface area contributed by atoms with Crippen molar-refractivity contribution in [3.05, 3.63) is 15.0 Å². The van der Waals surface area contributed by atoms with E-state index < -0.39 is 12.1 Å². The number of carbonyl (C=O) groups is 1. The Labute approximate surface area is 87.7 Å². The van der Waals surface area contributed by atoms with E-state index in [4.69, 9.17) is 0 Å². The highest BCUT2D eigenvalue weighted by Gasteiger charge is 2.15. The van der Waals surface area contributed by atoms with Gasteiger partial charge in [0.05, 0.1) is 19.2 Å². The van der Waals surface area contributed by atoms with Crippen molar-refractivity contribution in [1.82, 2.24) is 4.98 Å². The fourth-order valence-corrected chi connectivity index (χ4v) is 1.83. The first kappa shape index (κ1) is 10.6. The van der Waals surface area contributed by atoms with Gasteiger partial charge in [0, 0.05) is 5.38 Å². The van der Waals surface area contributed by atoms with Gasteiger partial charge in [-0.1, -0.05) is 0 Å². The molecular formula is C7H8BrNO3S. The van der Waals surface area contributed by atoms with Crippen molar-refractivity contribution >= 4 is 33.2 Å². The van der Waals surface area contributed by atoms with Crippen molar-refractivity contribution < 1.29 is 14.6 Å². The normalized spacial score (nSPS) is 12.5. The van der Waals surface area contributed by atoms with E-state index in [-0.39, 0.29) is 6.42 Å². The van der Waals surface area contributed by atoms with E-state index in [9.17, 15) is 9.90 Å². The van der Waals surface area contributed by atoms with Gasteiger partial charge in [-0.15, -0.1) is 11.3 Å². The molecule has 0 radical (unpaired) electrons. The second-order valence-corrected chi connectivity index (χ2v) is 4.46. The number of halogens is 1. The van der Waals surface area contributed by atoms with Crippen LogP contribution in [0.15, 0.2) is 9.30 Å². The van der Waals surface area contributed by atoms with Crippen LogP contribution in [0.3, 0.4) is 0 Å². The maximum absolute atomic E-state index is 10.8. The van der Waals surface area contributed by atoms with Crippen LogP contribution in [0.5, 0.6) is 0 Å². The van der Waals surface area contributed by atoms with E-state index in [0.717, 1.165) is 0 Å². The van der Waals surface area contributed by atoms with Crippen molar-refractivity contribution in [2.45, 2.75) is 12.5 Å². The number of carbonyl (C=O) groups excluding carboxylic acids is 1. The summed E-state index contributed by atoms with van der Waals surface area (Å²) < 4.78 is 5.10. The van der Waals surface area contributed by atoms with Gasteiger partial charge in [0.2, 0.25) is 0 Å². The van der Waals surface area contributed by atoms with Crippen molar-refractivity contribution in [3.8, 4) is 0 Å². The molecule has 1 atom stereocenters. The summed E-state index contributed by atoms with van der Waals surface area (Å²) >= 11 is 4.52. The Balaban J connectivity index is 2.58. The molecule has 0 aliphatic rings. The van der Waals surface area contributed by atoms with Crippen molar-refractivity contribution in [1.29, 1.82) is 0 Å². The number of aliphatic hydroxyl groups excluding tert-OH is 1. The van der Waals surface area contributed by atoms with Crippen LogP contribution < -0.4 is 0 Å². The SMILES string of the molecule is COC(=O)CC(O)c1csc(Br)n1. The van der Waals surface area contributed by atoms with Crippen LogP contribution in [0.2, 0.25) is 0 Å². The fourth-order valence-electron chi connectivity index (χ4n) is 0.762. The van der Waals surface area contributed by atoms with Crippen LogP contribution in [0.25, 0.3) is 0 Å². The molecule has 0 saturated heterocycles. The van der Waals surface area contributed by atoms with Crippen LogP contribution in [-0.4, -0.2) is 23.2 Å². The quantitative estimate of drug-likeness (QED) is 0.842. The lowest BCUT2D eigenvalue weighted by Crippen LogP contribution is -2.08. The summed E-state index contributed by atoms with van der Waals surface area (Å²) in [6.07, 6.45) is -0.942. The predicted molar refractivity (Wildman–Crippen MR) is 51.4 cm³/mol. The highest BCUT2D eigenvalue weighted by molar-refractivity contribution is 9.11. The molecule has 72 valence electrons. The van der Waals surface area contributed by atoms with Crippen molar-refractivity contribution in [3.63, 3.8) is 0 Å². The molecule has 1 aromatic rings. The Morgan fingerprint density at radius 1 is 1.92 bits per heavy atom. The molecule has 4 nitrogen and oxygen atoms in total. The minimum absolute atomic E-state index is 0.0628. The molecule has 1 N–H and O–H groups in total. The zero-order valence-corrected chi connectivity index (χ0v) is 9.26. The highest BCUT2D eigenvalue weighted by atomic mass is 79.9. The van der Waals surface area contributed by atoms with Gasteiger partial charge in [0.15, 0.2) is 3.92 Å². The third kappa shape index (κ3) is 3.06. The Bertz CT molecular complexity index is 302. The monoisotopic (exact) mass is 265 g/mol. The second kappa shape index (κ2) is 4.69. The molecule has 0 aromatic carbocycles. The van der Waals surface area contributed by atoms with Crippen LogP contribution in [0.1, 0.15) is 18.2 Å². The molecule has 1 aromatic heterocycles. The summed E-state index contributed by atoms with van der Waals surface area (Å²) in [5.74, 6) is -0.448. The lowest BCUT2D eigenvalue weighted by Gasteiger charge is -2.04. The summed E-state index contributed by atoms with van der Waals surface area (Å²) in [5, 5.41) is 11.2. The van der Waals surface area contributed by atoms with E-state index >= 15 is 0 Å². The molecule has 0 saturated carbocycles. The molecule has 0 aliphatic heterocycles. The fraction of sp³-hybridized carbons (Fsp3) is 0.429.